The lowest BCUT2D eigenvalue weighted by Crippen LogP contribution is -2.61. The van der Waals surface area contributed by atoms with Crippen molar-refractivity contribution >= 4 is 29.1 Å². The lowest BCUT2D eigenvalue weighted by atomic mass is 10.1. The predicted molar refractivity (Wildman–Crippen MR) is 77.9 cm³/mol. The Morgan fingerprint density at radius 1 is 1.33 bits per heavy atom. The summed E-state index contributed by atoms with van der Waals surface area (Å²) in [6, 6.07) is -0.646. The quantitative estimate of drug-likeness (QED) is 0.765. The van der Waals surface area contributed by atoms with Crippen LogP contribution < -0.4 is 0 Å². The van der Waals surface area contributed by atoms with Gasteiger partial charge in [-0.2, -0.15) is 0 Å². The first-order chi connectivity index (χ1) is 9.91. The van der Waals surface area contributed by atoms with Gasteiger partial charge in [-0.15, -0.1) is 11.3 Å². The van der Waals surface area contributed by atoms with E-state index in [1.165, 1.54) is 34.3 Å². The van der Waals surface area contributed by atoms with E-state index in [0.29, 0.717) is 18.0 Å². The molecule has 3 amide bonds. The van der Waals surface area contributed by atoms with Gasteiger partial charge in [0.05, 0.1) is 18.3 Å². The number of hydrogen-bond donors (Lipinski definition) is 0. The third-order valence-electron chi connectivity index (χ3n) is 3.46. The van der Waals surface area contributed by atoms with Crippen LogP contribution in [0.3, 0.4) is 0 Å². The van der Waals surface area contributed by atoms with Gasteiger partial charge in [-0.25, -0.2) is 0 Å². The van der Waals surface area contributed by atoms with Crippen LogP contribution >= 0.6 is 11.3 Å². The first-order valence-electron chi connectivity index (χ1n) is 6.58. The number of aromatic nitrogens is 1. The molecular formula is C13H18N4O3S. The Labute approximate surface area is 127 Å². The van der Waals surface area contributed by atoms with E-state index in [1.54, 1.807) is 24.5 Å². The Hall–Kier alpha value is -1.96. The fourth-order valence-electron chi connectivity index (χ4n) is 2.28. The monoisotopic (exact) mass is 310 g/mol. The minimum atomic E-state index is -0.646. The standard InChI is InChI=1S/C13H18N4O3S/c1-9(18)16-4-5-17(10(7-16)12(19)15(2)3)13(20)11-6-14-8-21-11/h6,8,10H,4-5,7H2,1-3H3. The molecule has 0 radical (unpaired) electrons. The summed E-state index contributed by atoms with van der Waals surface area (Å²) in [6.45, 7) is 2.49. The highest BCUT2D eigenvalue weighted by Crippen LogP contribution is 2.18. The molecule has 0 bridgehead atoms. The fraction of sp³-hybridized carbons (Fsp3) is 0.538. The summed E-state index contributed by atoms with van der Waals surface area (Å²) in [5, 5.41) is 0. The lowest BCUT2D eigenvalue weighted by Gasteiger charge is -2.40. The molecule has 2 heterocycles. The number of rotatable bonds is 2. The minimum Gasteiger partial charge on any atom is -0.347 e. The maximum Gasteiger partial charge on any atom is 0.266 e. The molecule has 1 aromatic rings. The molecule has 1 atom stereocenters. The summed E-state index contributed by atoms with van der Waals surface area (Å²) in [5.74, 6) is -0.476. The van der Waals surface area contributed by atoms with Gasteiger partial charge in [-0.1, -0.05) is 0 Å². The molecule has 0 aliphatic carbocycles. The van der Waals surface area contributed by atoms with E-state index in [9.17, 15) is 14.4 Å². The van der Waals surface area contributed by atoms with Crippen molar-refractivity contribution in [3.8, 4) is 0 Å². The van der Waals surface area contributed by atoms with E-state index < -0.39 is 6.04 Å². The third kappa shape index (κ3) is 3.21. The maximum absolute atomic E-state index is 12.5. The maximum atomic E-state index is 12.5. The number of hydrogen-bond acceptors (Lipinski definition) is 5. The van der Waals surface area contributed by atoms with E-state index in [4.69, 9.17) is 0 Å². The van der Waals surface area contributed by atoms with Gasteiger partial charge in [0.1, 0.15) is 10.9 Å². The molecule has 1 unspecified atom stereocenters. The fourth-order valence-corrected chi connectivity index (χ4v) is 2.86. The van der Waals surface area contributed by atoms with Crippen LogP contribution in [0.25, 0.3) is 0 Å². The topological polar surface area (TPSA) is 73.8 Å². The predicted octanol–water partition coefficient (Wildman–Crippen LogP) is -0.0958. The Morgan fingerprint density at radius 2 is 2.05 bits per heavy atom. The zero-order chi connectivity index (χ0) is 15.6. The molecule has 114 valence electrons. The Kier molecular flexibility index (Phi) is 4.56. The number of thiazole rings is 1. The van der Waals surface area contributed by atoms with E-state index in [1.807, 2.05) is 0 Å². The normalized spacial score (nSPS) is 18.5. The number of likely N-dealkylation sites (N-methyl/N-ethyl adjacent to an activating group) is 1. The second-order valence-corrected chi connectivity index (χ2v) is 5.96. The van der Waals surface area contributed by atoms with Gasteiger partial charge in [0.25, 0.3) is 5.91 Å². The summed E-state index contributed by atoms with van der Waals surface area (Å²) in [7, 11) is 3.29. The van der Waals surface area contributed by atoms with Crippen LogP contribution in [-0.2, 0) is 9.59 Å². The van der Waals surface area contributed by atoms with Crippen LogP contribution in [0.2, 0.25) is 0 Å². The van der Waals surface area contributed by atoms with Gasteiger partial charge in [-0.05, 0) is 0 Å². The van der Waals surface area contributed by atoms with Gasteiger partial charge in [0.15, 0.2) is 0 Å². The van der Waals surface area contributed by atoms with Crippen molar-refractivity contribution in [1.82, 2.24) is 19.7 Å². The summed E-state index contributed by atoms with van der Waals surface area (Å²) in [4.78, 5) is 45.3. The summed E-state index contributed by atoms with van der Waals surface area (Å²) in [6.07, 6.45) is 1.50. The highest BCUT2D eigenvalue weighted by molar-refractivity contribution is 7.11. The number of carbonyl (C=O) groups is 3. The van der Waals surface area contributed by atoms with Crippen LogP contribution in [0.15, 0.2) is 11.7 Å². The minimum absolute atomic E-state index is 0.0866. The molecule has 1 aliphatic rings. The lowest BCUT2D eigenvalue weighted by molar-refractivity contribution is -0.139. The van der Waals surface area contributed by atoms with Crippen molar-refractivity contribution in [3.05, 3.63) is 16.6 Å². The van der Waals surface area contributed by atoms with Crippen LogP contribution in [0, 0.1) is 0 Å². The molecule has 2 rings (SSSR count). The summed E-state index contributed by atoms with van der Waals surface area (Å²) < 4.78 is 0. The molecule has 0 spiro atoms. The second kappa shape index (κ2) is 6.21. The number of carbonyl (C=O) groups excluding carboxylic acids is 3. The van der Waals surface area contributed by atoms with Gasteiger partial charge in [-0.3, -0.25) is 19.4 Å². The van der Waals surface area contributed by atoms with Crippen LogP contribution in [0.5, 0.6) is 0 Å². The highest BCUT2D eigenvalue weighted by Gasteiger charge is 2.37. The number of piperazine rings is 1. The van der Waals surface area contributed by atoms with Gasteiger partial charge < -0.3 is 14.7 Å². The van der Waals surface area contributed by atoms with Crippen molar-refractivity contribution < 1.29 is 14.4 Å². The van der Waals surface area contributed by atoms with Crippen LogP contribution in [0.1, 0.15) is 16.6 Å². The number of amides is 3. The zero-order valence-corrected chi connectivity index (χ0v) is 13.1. The summed E-state index contributed by atoms with van der Waals surface area (Å²) >= 11 is 1.25. The van der Waals surface area contributed by atoms with E-state index in [2.05, 4.69) is 4.98 Å². The molecular weight excluding hydrogens is 292 g/mol. The molecule has 1 aromatic heterocycles. The van der Waals surface area contributed by atoms with Crippen molar-refractivity contribution in [2.24, 2.45) is 0 Å². The molecule has 1 aliphatic heterocycles. The van der Waals surface area contributed by atoms with E-state index >= 15 is 0 Å². The van der Waals surface area contributed by atoms with Crippen molar-refractivity contribution in [2.45, 2.75) is 13.0 Å². The third-order valence-corrected chi connectivity index (χ3v) is 4.22. The van der Waals surface area contributed by atoms with Crippen molar-refractivity contribution in [3.63, 3.8) is 0 Å². The van der Waals surface area contributed by atoms with Gasteiger partial charge in [0.2, 0.25) is 11.8 Å². The number of nitrogens with zero attached hydrogens (tertiary/aromatic N) is 4. The van der Waals surface area contributed by atoms with Gasteiger partial charge in [0, 0.05) is 34.1 Å². The van der Waals surface area contributed by atoms with Crippen LogP contribution in [-0.4, -0.2) is 77.2 Å². The molecule has 21 heavy (non-hydrogen) atoms. The van der Waals surface area contributed by atoms with E-state index in [0.717, 1.165) is 0 Å². The average Bonchev–Trinajstić information content (AvgIpc) is 2.99. The SMILES string of the molecule is CC(=O)N1CCN(C(=O)c2cncs2)C(C(=O)N(C)C)C1. The molecule has 7 nitrogen and oxygen atoms in total. The second-order valence-electron chi connectivity index (χ2n) is 5.08. The Morgan fingerprint density at radius 3 is 2.57 bits per heavy atom. The largest absolute Gasteiger partial charge is 0.347 e. The molecule has 0 aromatic carbocycles. The summed E-state index contributed by atoms with van der Waals surface area (Å²) in [5.41, 5.74) is 1.59. The average molecular weight is 310 g/mol. The highest BCUT2D eigenvalue weighted by atomic mass is 32.1. The molecule has 0 N–H and O–H groups in total. The van der Waals surface area contributed by atoms with E-state index in [-0.39, 0.29) is 24.3 Å². The Bertz CT molecular complexity index is 544. The smallest absolute Gasteiger partial charge is 0.266 e. The molecule has 1 fully saturated rings. The molecule has 8 heteroatoms. The molecule has 0 saturated carbocycles. The van der Waals surface area contributed by atoms with Gasteiger partial charge >= 0.3 is 0 Å². The van der Waals surface area contributed by atoms with Crippen molar-refractivity contribution in [1.29, 1.82) is 0 Å². The molecule has 1 saturated heterocycles. The first kappa shape index (κ1) is 15.4. The zero-order valence-electron chi connectivity index (χ0n) is 12.3. The van der Waals surface area contributed by atoms with Crippen molar-refractivity contribution in [2.75, 3.05) is 33.7 Å². The first-order valence-corrected chi connectivity index (χ1v) is 7.46. The Balaban J connectivity index is 2.24. The van der Waals surface area contributed by atoms with Crippen LogP contribution in [0.4, 0.5) is 0 Å².